The van der Waals surface area contributed by atoms with Gasteiger partial charge in [-0.3, -0.25) is 9.59 Å². The molecule has 0 spiro atoms. The number of nitrogens with zero attached hydrogens (tertiary/aromatic N) is 1. The molecule has 0 radical (unpaired) electrons. The first-order valence-electron chi connectivity index (χ1n) is 7.57. The summed E-state index contributed by atoms with van der Waals surface area (Å²) in [5, 5.41) is 8.97. The maximum Gasteiger partial charge on any atom is 0.311 e. The molecule has 0 unspecified atom stereocenters. The molecule has 0 bridgehead atoms. The van der Waals surface area contributed by atoms with Crippen molar-refractivity contribution in [2.24, 2.45) is 10.8 Å². The van der Waals surface area contributed by atoms with Gasteiger partial charge in [-0.2, -0.15) is 5.26 Å². The predicted octanol–water partition coefficient (Wildman–Crippen LogP) is 2.38. The van der Waals surface area contributed by atoms with Crippen LogP contribution >= 0.6 is 0 Å². The van der Waals surface area contributed by atoms with Crippen LogP contribution in [0, 0.1) is 22.2 Å². The van der Waals surface area contributed by atoms with Crippen LogP contribution in [0.15, 0.2) is 12.2 Å². The number of esters is 2. The zero-order chi connectivity index (χ0) is 17.8. The number of rotatable bonds is 3. The van der Waals surface area contributed by atoms with Crippen molar-refractivity contribution in [2.45, 2.75) is 59.9 Å². The molecule has 23 heavy (non-hydrogen) atoms. The van der Waals surface area contributed by atoms with E-state index >= 15 is 0 Å². The van der Waals surface area contributed by atoms with Crippen molar-refractivity contribution in [1.29, 1.82) is 5.26 Å². The third-order valence-electron chi connectivity index (χ3n) is 3.14. The summed E-state index contributed by atoms with van der Waals surface area (Å²) >= 11 is 0. The number of hydrogen-bond acceptors (Lipinski definition) is 6. The highest BCUT2D eigenvalue weighted by atomic mass is 16.6. The summed E-state index contributed by atoms with van der Waals surface area (Å²) in [4.78, 5) is 23.9. The zero-order valence-electron chi connectivity index (χ0n) is 14.6. The molecule has 128 valence electrons. The molecule has 1 aliphatic rings. The van der Waals surface area contributed by atoms with E-state index in [1.54, 1.807) is 47.6 Å². The molecular weight excluding hydrogens is 298 g/mol. The fraction of sp³-hybridized carbons (Fsp3) is 0.706. The second kappa shape index (κ2) is 7.14. The summed E-state index contributed by atoms with van der Waals surface area (Å²) in [5.41, 5.74) is -1.30. The van der Waals surface area contributed by atoms with Crippen molar-refractivity contribution < 1.29 is 23.8 Å². The summed E-state index contributed by atoms with van der Waals surface area (Å²) in [5.74, 6) is -0.775. The molecule has 1 heterocycles. The maximum absolute atomic E-state index is 12.0. The van der Waals surface area contributed by atoms with Gasteiger partial charge in [-0.05, 0) is 53.7 Å². The van der Waals surface area contributed by atoms with Crippen molar-refractivity contribution in [3.8, 4) is 6.07 Å². The van der Waals surface area contributed by atoms with Gasteiger partial charge in [-0.1, -0.05) is 0 Å². The van der Waals surface area contributed by atoms with Gasteiger partial charge in [0.25, 0.3) is 0 Å². The van der Waals surface area contributed by atoms with Gasteiger partial charge in [-0.15, -0.1) is 0 Å². The summed E-state index contributed by atoms with van der Waals surface area (Å²) in [6, 6.07) is 1.97. The molecule has 3 atom stereocenters. The van der Waals surface area contributed by atoms with Crippen molar-refractivity contribution in [1.82, 2.24) is 0 Å². The number of carbonyl (C=O) groups excluding carboxylic acids is 2. The largest absolute Gasteiger partial charge is 0.462 e. The quantitative estimate of drug-likeness (QED) is 0.585. The van der Waals surface area contributed by atoms with Crippen LogP contribution in [0.2, 0.25) is 0 Å². The van der Waals surface area contributed by atoms with Crippen molar-refractivity contribution >= 4 is 11.9 Å². The highest BCUT2D eigenvalue weighted by Gasteiger charge is 2.35. The molecule has 0 aliphatic carbocycles. The summed E-state index contributed by atoms with van der Waals surface area (Å²) in [6.07, 6.45) is 0.985. The van der Waals surface area contributed by atoms with Crippen LogP contribution in [0.25, 0.3) is 0 Å². The Hall–Kier alpha value is -1.87. The van der Waals surface area contributed by atoms with Crippen molar-refractivity contribution in [3.05, 3.63) is 12.2 Å². The molecule has 0 saturated heterocycles. The number of ether oxygens (including phenoxy) is 3. The minimum atomic E-state index is -0.752. The van der Waals surface area contributed by atoms with Gasteiger partial charge < -0.3 is 14.2 Å². The first kappa shape index (κ1) is 19.2. The average Bonchev–Trinajstić information content (AvgIpc) is 2.43. The first-order valence-corrected chi connectivity index (χ1v) is 7.57. The highest BCUT2D eigenvalue weighted by Crippen LogP contribution is 2.23. The first-order chi connectivity index (χ1) is 10.4. The third-order valence-corrected chi connectivity index (χ3v) is 3.14. The van der Waals surface area contributed by atoms with Gasteiger partial charge in [0.2, 0.25) is 0 Å². The second-order valence-electron chi connectivity index (χ2n) is 7.58. The summed E-state index contributed by atoms with van der Waals surface area (Å²) < 4.78 is 16.2. The normalized spacial score (nSPS) is 24.7. The van der Waals surface area contributed by atoms with Crippen LogP contribution in [-0.2, 0) is 23.8 Å². The van der Waals surface area contributed by atoms with Crippen LogP contribution in [0.3, 0.4) is 0 Å². The SMILES string of the molecule is CC(C)(C)C(=O)OC[C@H]1O[C@@H](C#N)C=C[C@@H]1OC(=O)C(C)(C)C. The molecule has 0 aromatic heterocycles. The van der Waals surface area contributed by atoms with Crippen LogP contribution in [0.5, 0.6) is 0 Å². The van der Waals surface area contributed by atoms with E-state index in [9.17, 15) is 9.59 Å². The molecule has 1 rings (SSSR count). The smallest absolute Gasteiger partial charge is 0.311 e. The molecule has 6 heteroatoms. The Labute approximate surface area is 137 Å². The van der Waals surface area contributed by atoms with Gasteiger partial charge in [0, 0.05) is 0 Å². The molecule has 0 fully saturated rings. The van der Waals surface area contributed by atoms with E-state index in [0.717, 1.165) is 0 Å². The van der Waals surface area contributed by atoms with E-state index in [1.807, 2.05) is 6.07 Å². The monoisotopic (exact) mass is 323 g/mol. The molecule has 0 amide bonds. The average molecular weight is 323 g/mol. The van der Waals surface area contributed by atoms with Crippen molar-refractivity contribution in [2.75, 3.05) is 6.61 Å². The van der Waals surface area contributed by atoms with E-state index in [4.69, 9.17) is 19.5 Å². The van der Waals surface area contributed by atoms with E-state index in [2.05, 4.69) is 0 Å². The molecule has 6 nitrogen and oxygen atoms in total. The fourth-order valence-electron chi connectivity index (χ4n) is 1.64. The van der Waals surface area contributed by atoms with E-state index in [-0.39, 0.29) is 12.6 Å². The van der Waals surface area contributed by atoms with Crippen LogP contribution in [0.1, 0.15) is 41.5 Å². The zero-order valence-corrected chi connectivity index (χ0v) is 14.6. The second-order valence-corrected chi connectivity index (χ2v) is 7.58. The Morgan fingerprint density at radius 1 is 1.09 bits per heavy atom. The molecule has 1 aliphatic heterocycles. The minimum absolute atomic E-state index is 0.0826. The van der Waals surface area contributed by atoms with Crippen molar-refractivity contribution in [3.63, 3.8) is 0 Å². The third kappa shape index (κ3) is 5.68. The Bertz CT molecular complexity index is 519. The number of hydrogen-bond donors (Lipinski definition) is 0. The summed E-state index contributed by atoms with van der Waals surface area (Å²) in [7, 11) is 0. The van der Waals surface area contributed by atoms with Crippen LogP contribution < -0.4 is 0 Å². The topological polar surface area (TPSA) is 85.6 Å². The lowest BCUT2D eigenvalue weighted by molar-refractivity contribution is -0.173. The van der Waals surface area contributed by atoms with E-state index in [0.29, 0.717) is 0 Å². The predicted molar refractivity (Wildman–Crippen MR) is 83.2 cm³/mol. The Morgan fingerprint density at radius 3 is 2.13 bits per heavy atom. The molecular formula is C17H25NO5. The lowest BCUT2D eigenvalue weighted by atomic mass is 9.97. The number of nitriles is 1. The lowest BCUT2D eigenvalue weighted by Crippen LogP contribution is -2.43. The Kier molecular flexibility index (Phi) is 5.95. The molecule has 0 aromatic carbocycles. The fourth-order valence-corrected chi connectivity index (χ4v) is 1.64. The maximum atomic E-state index is 12.0. The van der Waals surface area contributed by atoms with E-state index < -0.39 is 35.1 Å². The van der Waals surface area contributed by atoms with Gasteiger partial charge in [0.15, 0.2) is 6.10 Å². The van der Waals surface area contributed by atoms with Gasteiger partial charge in [0.1, 0.15) is 18.8 Å². The van der Waals surface area contributed by atoms with Gasteiger partial charge in [0.05, 0.1) is 16.9 Å². The Balaban J connectivity index is 2.79. The standard InChI is InChI=1S/C17H25NO5/c1-16(2,3)14(19)21-10-13-12(8-7-11(9-18)22-13)23-15(20)17(4,5)6/h7-8,11-13H,10H2,1-6H3/t11-,12+,13-/m1/s1. The lowest BCUT2D eigenvalue weighted by Gasteiger charge is -2.31. The van der Waals surface area contributed by atoms with Gasteiger partial charge in [-0.25, -0.2) is 0 Å². The van der Waals surface area contributed by atoms with E-state index in [1.165, 1.54) is 6.08 Å². The van der Waals surface area contributed by atoms with Gasteiger partial charge >= 0.3 is 11.9 Å². The van der Waals surface area contributed by atoms with Crippen LogP contribution in [-0.4, -0.2) is 36.9 Å². The highest BCUT2D eigenvalue weighted by molar-refractivity contribution is 5.76. The number of carbonyl (C=O) groups is 2. The summed E-state index contributed by atoms with van der Waals surface area (Å²) in [6.45, 7) is 10.4. The molecule has 0 N–H and O–H groups in total. The van der Waals surface area contributed by atoms with Crippen LogP contribution in [0.4, 0.5) is 0 Å². The molecule has 0 saturated carbocycles. The molecule has 0 aromatic rings. The minimum Gasteiger partial charge on any atom is -0.462 e. The Morgan fingerprint density at radius 2 is 1.65 bits per heavy atom.